The van der Waals surface area contributed by atoms with Crippen LogP contribution in [-0.2, 0) is 4.74 Å². The summed E-state index contributed by atoms with van der Waals surface area (Å²) in [7, 11) is 0. The lowest BCUT2D eigenvalue weighted by molar-refractivity contribution is 0.0972. The smallest absolute Gasteiger partial charge is 0.119 e. The summed E-state index contributed by atoms with van der Waals surface area (Å²) in [4.78, 5) is 0. The molecule has 0 saturated carbocycles. The Morgan fingerprint density at radius 1 is 1.75 bits per heavy atom. The molecule has 3 nitrogen and oxygen atoms in total. The molecule has 0 aromatic carbocycles. The van der Waals surface area contributed by atoms with Crippen molar-refractivity contribution in [1.82, 2.24) is 5.32 Å². The summed E-state index contributed by atoms with van der Waals surface area (Å²) in [6.45, 7) is 1.98. The Balaban J connectivity index is 2.13. The number of rotatable bonds is 1. The molecule has 0 aromatic heterocycles. The molecule has 0 bridgehead atoms. The second-order valence-corrected chi connectivity index (χ2v) is 2.30. The lowest BCUT2D eigenvalue weighted by Gasteiger charge is -2.18. The van der Waals surface area contributed by atoms with Crippen molar-refractivity contribution in [3.63, 3.8) is 0 Å². The number of hydrogen-bond acceptors (Lipinski definition) is 3. The van der Waals surface area contributed by atoms with Gasteiger partial charge in [0.1, 0.15) is 5.37 Å². The van der Waals surface area contributed by atoms with Gasteiger partial charge in [-0.1, -0.05) is 0 Å². The van der Waals surface area contributed by atoms with Crippen LogP contribution in [0.5, 0.6) is 0 Å². The lowest BCUT2D eigenvalue weighted by atomic mass is 10.5. The minimum absolute atomic E-state index is 0.0382. The van der Waals surface area contributed by atoms with Gasteiger partial charge in [0.15, 0.2) is 0 Å². The summed E-state index contributed by atoms with van der Waals surface area (Å²) >= 11 is 0.754. The Morgan fingerprint density at radius 3 is 3.00 bits per heavy atom. The molecule has 1 aliphatic rings. The van der Waals surface area contributed by atoms with Crippen molar-refractivity contribution in [2.24, 2.45) is 0 Å². The van der Waals surface area contributed by atoms with E-state index in [4.69, 9.17) is 9.29 Å². The van der Waals surface area contributed by atoms with Crippen molar-refractivity contribution in [2.75, 3.05) is 19.8 Å². The maximum Gasteiger partial charge on any atom is 0.119 e. The average Bonchev–Trinajstić information content (AvgIpc) is 1.90. The predicted octanol–water partition coefficient (Wildman–Crippen LogP) is 0.153. The molecule has 1 heterocycles. The van der Waals surface area contributed by atoms with Crippen LogP contribution in [0.25, 0.3) is 0 Å². The van der Waals surface area contributed by atoms with E-state index < -0.39 is 0 Å². The van der Waals surface area contributed by atoms with Crippen LogP contribution in [0.15, 0.2) is 0 Å². The highest BCUT2D eigenvalue weighted by Gasteiger charge is 2.12. The van der Waals surface area contributed by atoms with Gasteiger partial charge in [0.2, 0.25) is 0 Å². The van der Waals surface area contributed by atoms with E-state index in [9.17, 15) is 0 Å². The number of ether oxygens (including phenoxy) is 1. The van der Waals surface area contributed by atoms with E-state index in [1.54, 1.807) is 0 Å². The molecule has 4 heteroatoms. The molecule has 1 unspecified atom stereocenters. The van der Waals surface area contributed by atoms with Crippen LogP contribution in [0.3, 0.4) is 0 Å². The van der Waals surface area contributed by atoms with Crippen molar-refractivity contribution in [2.45, 2.75) is 5.37 Å². The van der Waals surface area contributed by atoms with Crippen LogP contribution in [0.1, 0.15) is 0 Å². The first-order valence-electron chi connectivity index (χ1n) is 2.48. The zero-order valence-electron chi connectivity index (χ0n) is 4.41. The molecule has 1 atom stereocenters. The molecular weight excluding hydrogens is 126 g/mol. The fourth-order valence-corrected chi connectivity index (χ4v) is 0.891. The molecule has 0 aliphatic carbocycles. The molecule has 0 spiro atoms. The van der Waals surface area contributed by atoms with E-state index in [2.05, 4.69) is 5.32 Å². The summed E-state index contributed by atoms with van der Waals surface area (Å²) in [6, 6.07) is 0. The van der Waals surface area contributed by atoms with Crippen LogP contribution in [0, 0.1) is 0 Å². The average molecular weight is 134 g/mol. The van der Waals surface area contributed by atoms with Gasteiger partial charge in [-0.15, -0.1) is 0 Å². The molecule has 47 valence electrons. The molecule has 1 rings (SSSR count). The maximum atomic E-state index is 8.43. The quantitative estimate of drug-likeness (QED) is 0.519. The highest BCUT2D eigenvalue weighted by Crippen LogP contribution is 2.06. The van der Waals surface area contributed by atoms with Crippen LogP contribution < -0.4 is 5.32 Å². The molecule has 1 saturated heterocycles. The first kappa shape index (κ1) is 6.35. The van der Waals surface area contributed by atoms with Gasteiger partial charge in [0, 0.05) is 18.6 Å². The number of morpholine rings is 1. The van der Waals surface area contributed by atoms with Gasteiger partial charge in [-0.25, -0.2) is 5.32 Å². The van der Waals surface area contributed by atoms with Gasteiger partial charge in [0.25, 0.3) is 0 Å². The first-order valence-corrected chi connectivity index (χ1v) is 3.31. The van der Waals surface area contributed by atoms with E-state index in [1.165, 1.54) is 0 Å². The van der Waals surface area contributed by atoms with E-state index in [0.717, 1.165) is 18.6 Å². The van der Waals surface area contributed by atoms with Crippen LogP contribution >= 0.6 is 12.0 Å². The molecule has 1 radical (unpaired) electrons. The molecular formula is C4H8NO2S. The zero-order chi connectivity index (χ0) is 5.82. The highest BCUT2D eigenvalue weighted by atomic mass is 32.2. The summed E-state index contributed by atoms with van der Waals surface area (Å²) in [5.41, 5.74) is 0. The molecule has 0 aromatic rings. The van der Waals surface area contributed by atoms with Gasteiger partial charge in [-0.2, -0.15) is 0 Å². The fourth-order valence-electron chi connectivity index (χ4n) is 0.562. The van der Waals surface area contributed by atoms with Gasteiger partial charge >= 0.3 is 0 Å². The third-order valence-electron chi connectivity index (χ3n) is 0.950. The van der Waals surface area contributed by atoms with Gasteiger partial charge in [-0.05, 0) is 0 Å². The third kappa shape index (κ3) is 1.63. The van der Waals surface area contributed by atoms with Crippen LogP contribution in [0.4, 0.5) is 0 Å². The van der Waals surface area contributed by atoms with E-state index >= 15 is 0 Å². The Kier molecular flexibility index (Phi) is 2.62. The predicted molar refractivity (Wildman–Crippen MR) is 31.8 cm³/mol. The minimum Gasteiger partial charge on any atom is -0.377 e. The Morgan fingerprint density at radius 2 is 2.62 bits per heavy atom. The van der Waals surface area contributed by atoms with Crippen molar-refractivity contribution in [3.05, 3.63) is 0 Å². The van der Waals surface area contributed by atoms with Crippen molar-refractivity contribution in [3.8, 4) is 0 Å². The normalized spacial score (nSPS) is 30.4. The lowest BCUT2D eigenvalue weighted by Crippen LogP contribution is -2.32. The van der Waals surface area contributed by atoms with Gasteiger partial charge < -0.3 is 9.29 Å². The molecule has 8 heavy (non-hydrogen) atoms. The van der Waals surface area contributed by atoms with Crippen molar-refractivity contribution >= 4 is 12.0 Å². The van der Waals surface area contributed by atoms with Gasteiger partial charge in [0.05, 0.1) is 13.2 Å². The van der Waals surface area contributed by atoms with Crippen LogP contribution in [-0.4, -0.2) is 29.7 Å². The van der Waals surface area contributed by atoms with Crippen molar-refractivity contribution in [1.29, 1.82) is 0 Å². The monoisotopic (exact) mass is 134 g/mol. The number of nitrogens with zero attached hydrogens (tertiary/aromatic N) is 1. The van der Waals surface area contributed by atoms with E-state index in [1.807, 2.05) is 0 Å². The zero-order valence-corrected chi connectivity index (χ0v) is 5.23. The fraction of sp³-hybridized carbons (Fsp3) is 1.00. The van der Waals surface area contributed by atoms with Gasteiger partial charge in [-0.3, -0.25) is 0 Å². The SMILES string of the molecule is OSC1COCC[N]1. The van der Waals surface area contributed by atoms with Crippen molar-refractivity contribution < 1.29 is 9.29 Å². The molecule has 0 amide bonds. The first-order chi connectivity index (χ1) is 3.93. The standard InChI is InChI=1S/C4H8NO2S/c6-8-4-3-7-2-1-5-4/h4,6H,1-3H2. The van der Waals surface area contributed by atoms with Crippen LogP contribution in [0.2, 0.25) is 0 Å². The summed E-state index contributed by atoms with van der Waals surface area (Å²) in [5.74, 6) is 0. The summed E-state index contributed by atoms with van der Waals surface area (Å²) in [6.07, 6.45) is 0. The maximum absolute atomic E-state index is 8.43. The Hall–Kier alpha value is 0.230. The summed E-state index contributed by atoms with van der Waals surface area (Å²) < 4.78 is 13.4. The number of hydrogen-bond donors (Lipinski definition) is 1. The second-order valence-electron chi connectivity index (χ2n) is 1.54. The molecule has 1 aliphatic heterocycles. The largest absolute Gasteiger partial charge is 0.377 e. The highest BCUT2D eigenvalue weighted by molar-refractivity contribution is 7.94. The molecule has 1 fully saturated rings. The minimum atomic E-state index is -0.0382. The summed E-state index contributed by atoms with van der Waals surface area (Å²) in [5, 5.41) is 4.00. The third-order valence-corrected chi connectivity index (χ3v) is 1.48. The molecule has 1 N–H and O–H groups in total. The Bertz CT molecular complexity index is 65.1. The Labute approximate surface area is 52.6 Å². The topological polar surface area (TPSA) is 43.6 Å². The van der Waals surface area contributed by atoms with E-state index in [-0.39, 0.29) is 5.37 Å². The second kappa shape index (κ2) is 3.29. The van der Waals surface area contributed by atoms with E-state index in [0.29, 0.717) is 13.2 Å².